The lowest BCUT2D eigenvalue weighted by atomic mass is 9.33. The van der Waals surface area contributed by atoms with Gasteiger partial charge in [-0.3, -0.25) is 24.0 Å². The van der Waals surface area contributed by atoms with Crippen molar-refractivity contribution in [2.75, 3.05) is 5.32 Å². The van der Waals surface area contributed by atoms with E-state index in [4.69, 9.17) is 5.73 Å². The van der Waals surface area contributed by atoms with Crippen molar-refractivity contribution in [1.29, 1.82) is 0 Å². The van der Waals surface area contributed by atoms with E-state index < -0.39 is 81.6 Å². The molecule has 10 atom stereocenters. The summed E-state index contributed by atoms with van der Waals surface area (Å²) in [6.45, 7) is 10.3. The van der Waals surface area contributed by atoms with Crippen molar-refractivity contribution in [3.63, 3.8) is 0 Å². The molecule has 0 saturated heterocycles. The number of phenols is 1. The van der Waals surface area contributed by atoms with Crippen LogP contribution in [0.5, 0.6) is 5.75 Å². The molecule has 0 bridgehead atoms. The molecule has 4 aliphatic rings. The minimum Gasteiger partial charge on any atom is -0.507 e. The van der Waals surface area contributed by atoms with Crippen LogP contribution in [0.2, 0.25) is 0 Å². The molecule has 0 spiro atoms. The topological polar surface area (TPSA) is 204 Å². The summed E-state index contributed by atoms with van der Waals surface area (Å²) in [7, 11) is 0. The maximum absolute atomic E-state index is 14.7. The van der Waals surface area contributed by atoms with Gasteiger partial charge in [0, 0.05) is 29.9 Å². The van der Waals surface area contributed by atoms with E-state index in [9.17, 15) is 44.4 Å². The highest BCUT2D eigenvalue weighted by molar-refractivity contribution is 6.10. The van der Waals surface area contributed by atoms with E-state index in [0.29, 0.717) is 11.3 Å². The maximum atomic E-state index is 14.7. The molecule has 252 valence electrons. The fraction of sp³-hybridized carbons (Fsp3) is 0.686. The number of hydrogen-bond acceptors (Lipinski definition) is 9. The Labute approximate surface area is 269 Å². The van der Waals surface area contributed by atoms with E-state index >= 15 is 0 Å². The molecule has 46 heavy (non-hydrogen) atoms. The van der Waals surface area contributed by atoms with Gasteiger partial charge in [-0.2, -0.15) is 0 Å². The number of Topliss-reactive ketones (excluding diaryl/α,β-unsaturated/α-hetero) is 3. The van der Waals surface area contributed by atoms with E-state index in [-0.39, 0.29) is 41.8 Å². The smallest absolute Gasteiger partial charge is 0.230 e. The number of aliphatic hydroxyl groups is 3. The zero-order valence-corrected chi connectivity index (χ0v) is 27.5. The van der Waals surface area contributed by atoms with Crippen molar-refractivity contribution in [3.8, 4) is 5.75 Å². The number of phenolic OH excluding ortho intramolecular Hbond substituents is 1. The number of carbonyl (C=O) groups excluding carboxylic acids is 5. The second kappa shape index (κ2) is 11.5. The van der Waals surface area contributed by atoms with Crippen LogP contribution in [0, 0.1) is 46.3 Å². The van der Waals surface area contributed by atoms with Gasteiger partial charge in [0.1, 0.15) is 23.6 Å². The SMILES string of the molecule is CCC(=O)C[C@@H]1[C@@]2(C)[C@H](C)c3c(NC(=O)C4CCCC4)ccc(O)c3C(=O)[C@@H]2C(O)[C@@]2(O)C(=O)[C@H](C(N)=O)C(O)[C@H](C(C)C)[C@@]12C. The largest absolute Gasteiger partial charge is 0.507 e. The standard InChI is InChI=1S/C35H48N2O9/c1-7-18(38)14-21-33(5)16(4)22-19(37-32(45)17-10-8-9-11-17)12-13-20(39)23(22)27(40)26(33)30(43)35(46)29(42)24(31(36)44)28(41)25(15(2)3)34(21,35)6/h12-13,15-17,21,24-26,28,30,39,41,43,46H,7-11,14H2,1-6H3,(H2,36,44)(H,37,45)/t16-,21-,24-,25+,26-,28?,30?,33-,34-,35+/m1/s1. The number of benzene rings is 1. The maximum Gasteiger partial charge on any atom is 0.230 e. The minimum absolute atomic E-state index is 0.115. The second-order valence-corrected chi connectivity index (χ2v) is 15.0. The van der Waals surface area contributed by atoms with Crippen LogP contribution in [0.15, 0.2) is 12.1 Å². The van der Waals surface area contributed by atoms with Gasteiger partial charge in [-0.05, 0) is 59.6 Å². The van der Waals surface area contributed by atoms with E-state index in [1.165, 1.54) is 6.07 Å². The average Bonchev–Trinajstić information content (AvgIpc) is 3.52. The predicted octanol–water partition coefficient (Wildman–Crippen LogP) is 2.86. The summed E-state index contributed by atoms with van der Waals surface area (Å²) in [6, 6.07) is 2.84. The quantitative estimate of drug-likeness (QED) is 0.191. The van der Waals surface area contributed by atoms with Crippen LogP contribution in [-0.4, -0.2) is 67.4 Å². The summed E-state index contributed by atoms with van der Waals surface area (Å²) in [6.07, 6.45) is -0.449. The fourth-order valence-electron chi connectivity index (χ4n) is 10.4. The van der Waals surface area contributed by atoms with Gasteiger partial charge in [-0.25, -0.2) is 0 Å². The number of nitrogens with one attached hydrogen (secondary N) is 1. The first kappa shape index (κ1) is 34.2. The van der Waals surface area contributed by atoms with Gasteiger partial charge in [0.25, 0.3) is 0 Å². The summed E-state index contributed by atoms with van der Waals surface area (Å²) < 4.78 is 0. The number of hydrogen-bond donors (Lipinski definition) is 6. The molecule has 0 radical (unpaired) electrons. The minimum atomic E-state index is -2.76. The third kappa shape index (κ3) is 4.37. The van der Waals surface area contributed by atoms with Crippen molar-refractivity contribution < 1.29 is 44.4 Å². The lowest BCUT2D eigenvalue weighted by Gasteiger charge is -2.71. The average molecular weight is 641 g/mol. The Morgan fingerprint density at radius 3 is 2.24 bits per heavy atom. The number of nitrogens with two attached hydrogens (primary N) is 1. The molecule has 4 aliphatic carbocycles. The first-order chi connectivity index (χ1) is 21.4. The molecular weight excluding hydrogens is 592 g/mol. The number of aromatic hydroxyl groups is 1. The lowest BCUT2D eigenvalue weighted by molar-refractivity contribution is -0.292. The van der Waals surface area contributed by atoms with Gasteiger partial charge >= 0.3 is 0 Å². The van der Waals surface area contributed by atoms with Crippen molar-refractivity contribution in [1.82, 2.24) is 0 Å². The van der Waals surface area contributed by atoms with E-state index in [1.54, 1.807) is 47.6 Å². The third-order valence-electron chi connectivity index (χ3n) is 12.7. The Hall–Kier alpha value is -3.15. The Balaban J connectivity index is 1.80. The van der Waals surface area contributed by atoms with E-state index in [1.807, 2.05) is 0 Å². The second-order valence-electron chi connectivity index (χ2n) is 15.0. The number of carbonyl (C=O) groups is 5. The molecule has 5 rings (SSSR count). The van der Waals surface area contributed by atoms with Crippen molar-refractivity contribution in [2.45, 2.75) is 104 Å². The van der Waals surface area contributed by atoms with Gasteiger partial charge in [0.15, 0.2) is 17.2 Å². The monoisotopic (exact) mass is 640 g/mol. The van der Waals surface area contributed by atoms with Crippen LogP contribution in [0.3, 0.4) is 0 Å². The Bertz CT molecular complexity index is 1480. The first-order valence-electron chi connectivity index (χ1n) is 16.6. The number of rotatable bonds is 7. The number of aliphatic hydroxyl groups excluding tert-OH is 2. The lowest BCUT2D eigenvalue weighted by Crippen LogP contribution is -2.82. The van der Waals surface area contributed by atoms with Crippen LogP contribution in [0.25, 0.3) is 0 Å². The molecule has 2 unspecified atom stereocenters. The van der Waals surface area contributed by atoms with Gasteiger partial charge < -0.3 is 31.5 Å². The number of amides is 2. The van der Waals surface area contributed by atoms with Crippen LogP contribution in [-0.2, 0) is 19.2 Å². The van der Waals surface area contributed by atoms with Crippen molar-refractivity contribution in [2.24, 2.45) is 52.1 Å². The zero-order chi connectivity index (χ0) is 34.3. The van der Waals surface area contributed by atoms with Gasteiger partial charge in [-0.1, -0.05) is 54.4 Å². The Kier molecular flexibility index (Phi) is 8.56. The molecule has 0 heterocycles. The molecule has 1 aromatic carbocycles. The molecule has 1 aromatic rings. The zero-order valence-electron chi connectivity index (χ0n) is 27.5. The predicted molar refractivity (Wildman–Crippen MR) is 168 cm³/mol. The molecule has 11 heteroatoms. The van der Waals surface area contributed by atoms with Crippen LogP contribution in [0.4, 0.5) is 5.69 Å². The summed E-state index contributed by atoms with van der Waals surface area (Å²) in [5.74, 6) is -10.7. The highest BCUT2D eigenvalue weighted by atomic mass is 16.4. The van der Waals surface area contributed by atoms with Gasteiger partial charge in [0.05, 0.1) is 17.6 Å². The number of anilines is 1. The molecule has 0 aromatic heterocycles. The molecular formula is C35H48N2O9. The summed E-state index contributed by atoms with van der Waals surface area (Å²) >= 11 is 0. The number of fused-ring (bicyclic) bond motifs is 3. The van der Waals surface area contributed by atoms with Crippen LogP contribution < -0.4 is 11.1 Å². The molecule has 0 aliphatic heterocycles. The normalized spacial score (nSPS) is 39.0. The molecule has 7 N–H and O–H groups in total. The molecule has 11 nitrogen and oxygen atoms in total. The van der Waals surface area contributed by atoms with Gasteiger partial charge in [-0.15, -0.1) is 0 Å². The molecule has 3 fully saturated rings. The van der Waals surface area contributed by atoms with Crippen LogP contribution >= 0.6 is 0 Å². The summed E-state index contributed by atoms with van der Waals surface area (Å²) in [5.41, 5.74) is 0.319. The van der Waals surface area contributed by atoms with Gasteiger partial charge in [0.2, 0.25) is 11.8 Å². The third-order valence-corrected chi connectivity index (χ3v) is 12.7. The highest BCUT2D eigenvalue weighted by Gasteiger charge is 2.80. The molecule has 2 amide bonds. The van der Waals surface area contributed by atoms with Crippen LogP contribution in [0.1, 0.15) is 102 Å². The number of primary amides is 1. The van der Waals surface area contributed by atoms with E-state index in [2.05, 4.69) is 5.32 Å². The van der Waals surface area contributed by atoms with Crippen molar-refractivity contribution in [3.05, 3.63) is 23.3 Å². The first-order valence-corrected chi connectivity index (χ1v) is 16.6. The Morgan fingerprint density at radius 1 is 1.09 bits per heavy atom. The summed E-state index contributed by atoms with van der Waals surface area (Å²) in [4.78, 5) is 68.3. The fourth-order valence-corrected chi connectivity index (χ4v) is 10.4. The Morgan fingerprint density at radius 2 is 1.70 bits per heavy atom. The number of ketones is 3. The molecule has 3 saturated carbocycles. The van der Waals surface area contributed by atoms with Crippen molar-refractivity contribution >= 4 is 34.9 Å². The highest BCUT2D eigenvalue weighted by Crippen LogP contribution is 2.72. The van der Waals surface area contributed by atoms with E-state index in [0.717, 1.165) is 25.7 Å². The summed E-state index contributed by atoms with van der Waals surface area (Å²) in [5, 5.41) is 50.7.